The third kappa shape index (κ3) is 19.3. The monoisotopic (exact) mass is 1180 g/mol. The molecule has 6 rings (SSSR count). The first-order valence-corrected chi connectivity index (χ1v) is 28.7. The molecule has 0 saturated carbocycles. The first-order chi connectivity index (χ1) is 40.5. The van der Waals surface area contributed by atoms with Crippen LogP contribution in [-0.2, 0) is 56.0 Å². The van der Waals surface area contributed by atoms with Gasteiger partial charge in [-0.2, -0.15) is 12.6 Å². The molecule has 0 radical (unpaired) electrons. The number of aliphatic hydroxyl groups is 1. The zero-order valence-corrected chi connectivity index (χ0v) is 47.7. The van der Waals surface area contributed by atoms with Crippen molar-refractivity contribution >= 4 is 77.1 Å². The van der Waals surface area contributed by atoms with Gasteiger partial charge in [0.05, 0.1) is 43.8 Å². The lowest BCUT2D eigenvalue weighted by Gasteiger charge is -2.35. The van der Waals surface area contributed by atoms with Gasteiger partial charge in [-0.3, -0.25) is 49.0 Å². The molecular weight excluding hydrogens is 1100 g/mol. The van der Waals surface area contributed by atoms with E-state index in [1.807, 2.05) is 48.5 Å². The summed E-state index contributed by atoms with van der Waals surface area (Å²) in [7, 11) is 0. The van der Waals surface area contributed by atoms with E-state index in [0.29, 0.717) is 48.8 Å². The van der Waals surface area contributed by atoms with Gasteiger partial charge in [0.2, 0.25) is 41.4 Å². The number of hydrogen-bond donors (Lipinski definition) is 15. The number of nitrogens with two attached hydrogens (primary N) is 2. The Hall–Kier alpha value is -8.01. The summed E-state index contributed by atoms with van der Waals surface area (Å²) in [6, 6.07) is 17.7. The number of carbonyl (C=O) groups excluding carboxylic acids is 8. The molecule has 9 unspecified atom stereocenters. The lowest BCUT2D eigenvalue weighted by molar-refractivity contribution is -0.140. The lowest BCUT2D eigenvalue weighted by atomic mass is 9.84. The third-order valence-corrected chi connectivity index (χ3v) is 14.8. The van der Waals surface area contributed by atoms with E-state index in [9.17, 15) is 43.5 Å². The maximum atomic E-state index is 15.5. The molecule has 1 aliphatic rings. The van der Waals surface area contributed by atoms with Crippen molar-refractivity contribution in [3.63, 3.8) is 0 Å². The minimum absolute atomic E-state index is 0.0261. The normalized spacial score (nSPS) is 16.0. The second-order valence-electron chi connectivity index (χ2n) is 20.7. The number of nitrogens with zero attached hydrogens (tertiary/aromatic N) is 2. The maximum Gasteiger partial charge on any atom is 0.317 e. The molecule has 1 aliphatic heterocycles. The lowest BCUT2D eigenvalue weighted by Crippen LogP contribution is -2.61. The summed E-state index contributed by atoms with van der Waals surface area (Å²) in [5, 5.41) is 42.7. The molecule has 1 fully saturated rings. The van der Waals surface area contributed by atoms with E-state index in [1.165, 1.54) is 19.4 Å². The van der Waals surface area contributed by atoms with Gasteiger partial charge in [-0.25, -0.2) is 4.98 Å². The predicted molar refractivity (Wildman–Crippen MR) is 316 cm³/mol. The fourth-order valence-electron chi connectivity index (χ4n) is 10.2. The Labute approximate surface area is 492 Å². The number of carboxylic acid groups (broad SMARTS) is 1. The number of fused-ring (bicyclic) bond motifs is 1. The number of aliphatic hydroxyl groups excluding tert-OH is 1. The van der Waals surface area contributed by atoms with E-state index in [4.69, 9.17) is 16.6 Å². The molecule has 1 saturated heterocycles. The highest BCUT2D eigenvalue weighted by molar-refractivity contribution is 7.80. The minimum atomic E-state index is -1.60. The van der Waals surface area contributed by atoms with Crippen LogP contribution in [0.2, 0.25) is 0 Å². The maximum absolute atomic E-state index is 15.5. The molecule has 452 valence electrons. The van der Waals surface area contributed by atoms with Crippen molar-refractivity contribution in [3.05, 3.63) is 126 Å². The number of carboxylic acids is 1. The van der Waals surface area contributed by atoms with Crippen LogP contribution in [0, 0.1) is 0 Å². The molecule has 16 N–H and O–H groups in total. The largest absolute Gasteiger partial charge is 0.480 e. The zero-order valence-electron chi connectivity index (χ0n) is 46.8. The Morgan fingerprint density at radius 1 is 0.738 bits per heavy atom. The quantitative estimate of drug-likeness (QED) is 0.0137. The predicted octanol–water partition coefficient (Wildman–Crippen LogP) is -0.625. The molecule has 26 heteroatoms. The van der Waals surface area contributed by atoms with Gasteiger partial charge in [0, 0.05) is 72.5 Å². The highest BCUT2D eigenvalue weighted by Gasteiger charge is 2.42. The fraction of sp³-hybridized carbons (Fsp3) is 0.448. The van der Waals surface area contributed by atoms with Gasteiger partial charge in [0.25, 0.3) is 0 Å². The summed E-state index contributed by atoms with van der Waals surface area (Å²) >= 11 is 4.48. The topological polar surface area (TPSA) is 390 Å². The SMILES string of the molecule is CC(O)C(NC(=O)CNCC(=O)O)C(=O)NC(Cc1cnc[nH]1)C(=O)NC(C(=O)N1CCCC1CC(=O)NC(CCCN)C(=O)NC(CS)NC(CCCN)C(=O)NC(C=O)Cc1c[nH]c2ccccc12)C(c1ccccc1)c1ccccc1. The van der Waals surface area contributed by atoms with Crippen molar-refractivity contribution in [1.29, 1.82) is 0 Å². The van der Waals surface area contributed by atoms with Crippen LogP contribution in [0.25, 0.3) is 10.9 Å². The van der Waals surface area contributed by atoms with Gasteiger partial charge in [-0.15, -0.1) is 0 Å². The van der Waals surface area contributed by atoms with Gasteiger partial charge in [-0.1, -0.05) is 78.9 Å². The molecule has 5 aromatic rings. The second-order valence-corrected chi connectivity index (χ2v) is 21.1. The number of aromatic nitrogens is 3. The minimum Gasteiger partial charge on any atom is -0.480 e. The molecule has 7 amide bonds. The summed E-state index contributed by atoms with van der Waals surface area (Å²) in [6.07, 6.45) is 4.80. The molecular formula is C58H78N14O11S. The summed E-state index contributed by atoms with van der Waals surface area (Å²) in [4.78, 5) is 134. The molecule has 25 nitrogen and oxygen atoms in total. The molecule has 0 spiro atoms. The Bertz CT molecular complexity index is 2910. The van der Waals surface area contributed by atoms with Gasteiger partial charge < -0.3 is 73.2 Å². The van der Waals surface area contributed by atoms with Gasteiger partial charge >= 0.3 is 5.97 Å². The Kier molecular flexibility index (Phi) is 25.8. The van der Waals surface area contributed by atoms with Gasteiger partial charge in [0.15, 0.2) is 0 Å². The molecule has 84 heavy (non-hydrogen) atoms. The highest BCUT2D eigenvalue weighted by atomic mass is 32.1. The number of rotatable bonds is 35. The van der Waals surface area contributed by atoms with Crippen molar-refractivity contribution in [3.8, 4) is 0 Å². The van der Waals surface area contributed by atoms with Gasteiger partial charge in [-0.05, 0) is 81.3 Å². The van der Waals surface area contributed by atoms with Gasteiger partial charge in [0.1, 0.15) is 30.5 Å². The molecule has 0 bridgehead atoms. The van der Waals surface area contributed by atoms with Crippen LogP contribution in [0.4, 0.5) is 0 Å². The first kappa shape index (κ1) is 65.1. The zero-order chi connectivity index (χ0) is 60.5. The first-order valence-electron chi connectivity index (χ1n) is 28.1. The van der Waals surface area contributed by atoms with Crippen LogP contribution in [0.15, 0.2) is 104 Å². The number of aldehydes is 1. The number of imidazole rings is 1. The van der Waals surface area contributed by atoms with Crippen molar-refractivity contribution < 1.29 is 53.4 Å². The van der Waals surface area contributed by atoms with Crippen molar-refractivity contribution in [1.82, 2.24) is 62.4 Å². The number of para-hydroxylation sites is 1. The van der Waals surface area contributed by atoms with Crippen LogP contribution in [-0.4, -0.2) is 177 Å². The van der Waals surface area contributed by atoms with Crippen LogP contribution in [0.3, 0.4) is 0 Å². The summed E-state index contributed by atoms with van der Waals surface area (Å²) < 4.78 is 0. The van der Waals surface area contributed by atoms with E-state index < -0.39 is 121 Å². The number of benzene rings is 3. The summed E-state index contributed by atoms with van der Waals surface area (Å²) in [5.41, 5.74) is 15.2. The van der Waals surface area contributed by atoms with Crippen LogP contribution in [0.1, 0.15) is 80.2 Å². The van der Waals surface area contributed by atoms with Crippen LogP contribution < -0.4 is 54.0 Å². The third-order valence-electron chi connectivity index (χ3n) is 14.4. The van der Waals surface area contributed by atoms with Crippen molar-refractivity contribution in [2.75, 3.05) is 38.5 Å². The molecule has 9 atom stereocenters. The number of amides is 7. The van der Waals surface area contributed by atoms with Crippen molar-refractivity contribution in [2.45, 2.75) is 125 Å². The smallest absolute Gasteiger partial charge is 0.317 e. The second kappa shape index (κ2) is 33.3. The number of hydrogen-bond acceptors (Lipinski definition) is 16. The van der Waals surface area contributed by atoms with Crippen LogP contribution in [0.5, 0.6) is 0 Å². The number of likely N-dealkylation sites (tertiary alicyclic amines) is 1. The van der Waals surface area contributed by atoms with Crippen LogP contribution >= 0.6 is 12.6 Å². The summed E-state index contributed by atoms with van der Waals surface area (Å²) in [5.74, 6) is -6.78. The Balaban J connectivity index is 1.20. The number of H-pyrrole nitrogens is 2. The molecule has 0 aliphatic carbocycles. The average molecular weight is 1180 g/mol. The van der Waals surface area contributed by atoms with E-state index in [-0.39, 0.29) is 57.5 Å². The molecule has 3 heterocycles. The number of aliphatic carboxylic acids is 1. The summed E-state index contributed by atoms with van der Waals surface area (Å²) in [6.45, 7) is 0.882. The fourth-order valence-corrected chi connectivity index (χ4v) is 10.4. The standard InChI is InChI=1S/C58H78N14O11S/c1-35(74)52(70-49(76)30-61-31-50(77)78)57(82)68-46(26-39-29-62-34-64-39)56(81)71-53(51(36-13-4-2-5-14-36)37-15-6-3-7-16-37)58(83)72-24-12-17-41(72)27-48(75)67-45(21-11-23-60)55(80)69-47(33-84)66-44(20-10-22-59)54(79)65-40(32-73)25-38-28-63-43-19-9-8-18-42(38)43/h2-9,13-16,18-19,28-29,32,34-35,40-41,44-47,51-53,61,63,66,74,84H,10-12,17,20-27,30-31,33,59-60H2,1H3,(H,62,64)(H,65,79)(H,67,75)(H,68,82)(H,69,80)(H,70,76)(H,71,81)(H,77,78). The average Bonchev–Trinajstić information content (AvgIpc) is 3.66. The van der Waals surface area contributed by atoms with E-state index in [0.717, 1.165) is 16.5 Å². The molecule has 2 aromatic heterocycles. The Morgan fingerprint density at radius 2 is 1.38 bits per heavy atom. The van der Waals surface area contributed by atoms with E-state index >= 15 is 4.79 Å². The number of thiol groups is 1. The van der Waals surface area contributed by atoms with E-state index in [1.54, 1.807) is 47.5 Å². The highest BCUT2D eigenvalue weighted by Crippen LogP contribution is 2.32. The van der Waals surface area contributed by atoms with E-state index in [2.05, 4.69) is 70.1 Å². The number of nitrogens with one attached hydrogen (secondary N) is 10. The Morgan fingerprint density at radius 3 is 2.00 bits per heavy atom. The van der Waals surface area contributed by atoms with Crippen molar-refractivity contribution in [2.24, 2.45) is 11.5 Å². The molecule has 3 aromatic carbocycles. The number of carbonyl (C=O) groups is 9. The number of aromatic amines is 2.